The largest absolute Gasteiger partial charge is 0.488 e. The Hall–Kier alpha value is -4.19. The monoisotopic (exact) mass is 454 g/mol. The van der Waals surface area contributed by atoms with Gasteiger partial charge in [-0.2, -0.15) is 0 Å². The van der Waals surface area contributed by atoms with E-state index in [0.717, 1.165) is 33.6 Å². The van der Waals surface area contributed by atoms with Gasteiger partial charge in [-0.05, 0) is 55.7 Å². The molecule has 0 spiro atoms. The van der Waals surface area contributed by atoms with Crippen molar-refractivity contribution in [1.82, 2.24) is 5.32 Å². The average molecular weight is 455 g/mol. The maximum Gasteiger partial charge on any atom is 0.335 e. The van der Waals surface area contributed by atoms with E-state index < -0.39 is 17.8 Å². The van der Waals surface area contributed by atoms with Gasteiger partial charge in [0.1, 0.15) is 17.9 Å². The summed E-state index contributed by atoms with van der Waals surface area (Å²) < 4.78 is 6.04. The lowest BCUT2D eigenvalue weighted by Gasteiger charge is -2.26. The zero-order valence-corrected chi connectivity index (χ0v) is 19.4. The summed E-state index contributed by atoms with van der Waals surface area (Å²) in [6.45, 7) is 6.43. The molecule has 1 aliphatic rings. The summed E-state index contributed by atoms with van der Waals surface area (Å²) in [6.07, 6.45) is 2.30. The van der Waals surface area contributed by atoms with Crippen LogP contribution in [0.25, 0.3) is 6.08 Å². The summed E-state index contributed by atoms with van der Waals surface area (Å²) >= 11 is 0. The Kier molecular flexibility index (Phi) is 6.59. The second kappa shape index (κ2) is 9.75. The molecule has 0 atom stereocenters. The lowest BCUT2D eigenvalue weighted by Crippen LogP contribution is -2.54. The number of para-hydroxylation sites is 1. The topological polar surface area (TPSA) is 75.7 Å². The molecule has 0 aromatic heterocycles. The SMILES string of the molecule is CCc1ccc(N2C(=O)NC(=O)/C(=C\c3ccccc3OCc3cc(C)cc(C)c3)C2=O)cc1. The fourth-order valence-corrected chi connectivity index (χ4v) is 3.97. The van der Waals surface area contributed by atoms with Gasteiger partial charge in [-0.1, -0.05) is 66.6 Å². The molecule has 4 rings (SSSR count). The predicted molar refractivity (Wildman–Crippen MR) is 132 cm³/mol. The Bertz CT molecular complexity index is 1270. The summed E-state index contributed by atoms with van der Waals surface area (Å²) in [7, 11) is 0. The van der Waals surface area contributed by atoms with Crippen molar-refractivity contribution in [1.29, 1.82) is 0 Å². The molecule has 4 amide bonds. The number of carbonyl (C=O) groups is 3. The minimum Gasteiger partial charge on any atom is -0.488 e. The van der Waals surface area contributed by atoms with Gasteiger partial charge >= 0.3 is 6.03 Å². The van der Waals surface area contributed by atoms with Crippen LogP contribution in [0.15, 0.2) is 72.3 Å². The Morgan fingerprint density at radius 1 is 0.882 bits per heavy atom. The quantitative estimate of drug-likeness (QED) is 0.415. The fourth-order valence-electron chi connectivity index (χ4n) is 3.97. The summed E-state index contributed by atoms with van der Waals surface area (Å²) in [5.74, 6) is -0.881. The number of rotatable bonds is 6. The molecular formula is C28H26N2O4. The van der Waals surface area contributed by atoms with Crippen molar-refractivity contribution in [3.63, 3.8) is 0 Å². The molecule has 34 heavy (non-hydrogen) atoms. The highest BCUT2D eigenvalue weighted by Gasteiger charge is 2.36. The zero-order chi connectivity index (χ0) is 24.2. The van der Waals surface area contributed by atoms with Crippen LogP contribution in [0, 0.1) is 13.8 Å². The zero-order valence-electron chi connectivity index (χ0n) is 19.4. The molecule has 1 fully saturated rings. The smallest absolute Gasteiger partial charge is 0.335 e. The lowest BCUT2D eigenvalue weighted by atomic mass is 10.1. The van der Waals surface area contributed by atoms with Crippen molar-refractivity contribution in [2.75, 3.05) is 4.90 Å². The number of aryl methyl sites for hydroxylation is 3. The molecule has 1 N–H and O–H groups in total. The van der Waals surface area contributed by atoms with Crippen molar-refractivity contribution >= 4 is 29.6 Å². The molecule has 0 saturated carbocycles. The van der Waals surface area contributed by atoms with Gasteiger partial charge in [-0.15, -0.1) is 0 Å². The summed E-state index contributed by atoms with van der Waals surface area (Å²) in [5, 5.41) is 2.27. The predicted octanol–water partition coefficient (Wildman–Crippen LogP) is 5.11. The Morgan fingerprint density at radius 3 is 2.24 bits per heavy atom. The van der Waals surface area contributed by atoms with E-state index in [9.17, 15) is 14.4 Å². The number of carbonyl (C=O) groups excluding carboxylic acids is 3. The van der Waals surface area contributed by atoms with Crippen LogP contribution in [0.4, 0.5) is 10.5 Å². The number of hydrogen-bond donors (Lipinski definition) is 1. The lowest BCUT2D eigenvalue weighted by molar-refractivity contribution is -0.122. The van der Waals surface area contributed by atoms with Gasteiger partial charge in [-0.3, -0.25) is 14.9 Å². The third kappa shape index (κ3) is 4.91. The first-order valence-corrected chi connectivity index (χ1v) is 11.1. The molecule has 3 aromatic carbocycles. The van der Waals surface area contributed by atoms with Crippen molar-refractivity contribution in [3.8, 4) is 5.75 Å². The maximum atomic E-state index is 13.2. The number of nitrogens with one attached hydrogen (secondary N) is 1. The van der Waals surface area contributed by atoms with E-state index in [-0.39, 0.29) is 5.57 Å². The van der Waals surface area contributed by atoms with E-state index in [0.29, 0.717) is 23.6 Å². The van der Waals surface area contributed by atoms with Gasteiger partial charge in [-0.25, -0.2) is 9.69 Å². The number of nitrogens with zero attached hydrogens (tertiary/aromatic N) is 1. The molecule has 0 aliphatic carbocycles. The van der Waals surface area contributed by atoms with Gasteiger partial charge in [0.15, 0.2) is 0 Å². The molecule has 1 saturated heterocycles. The normalized spacial score (nSPS) is 15.0. The third-order valence-corrected chi connectivity index (χ3v) is 5.60. The van der Waals surface area contributed by atoms with Gasteiger partial charge in [0.25, 0.3) is 11.8 Å². The van der Waals surface area contributed by atoms with Crippen LogP contribution in [-0.2, 0) is 22.6 Å². The van der Waals surface area contributed by atoms with E-state index in [1.807, 2.05) is 39.0 Å². The number of barbiturate groups is 1. The molecule has 0 bridgehead atoms. The van der Waals surface area contributed by atoms with Gasteiger partial charge in [0.2, 0.25) is 0 Å². The minimum absolute atomic E-state index is 0.137. The standard InChI is InChI=1S/C28H26N2O4/c1-4-20-9-11-23(12-10-20)30-27(32)24(26(31)29-28(30)33)16-22-7-5-6-8-25(22)34-17-21-14-18(2)13-19(3)15-21/h5-16H,4,17H2,1-3H3,(H,29,31,33)/b24-16+. The molecule has 0 radical (unpaired) electrons. The Morgan fingerprint density at radius 2 is 1.56 bits per heavy atom. The number of ether oxygens (including phenoxy) is 1. The van der Waals surface area contributed by atoms with Crippen LogP contribution in [0.1, 0.15) is 34.7 Å². The molecule has 0 unspecified atom stereocenters. The highest BCUT2D eigenvalue weighted by atomic mass is 16.5. The van der Waals surface area contributed by atoms with Crippen LogP contribution >= 0.6 is 0 Å². The number of hydrogen-bond acceptors (Lipinski definition) is 4. The highest BCUT2D eigenvalue weighted by molar-refractivity contribution is 6.39. The highest BCUT2D eigenvalue weighted by Crippen LogP contribution is 2.26. The first-order chi connectivity index (χ1) is 16.4. The van der Waals surface area contributed by atoms with Crippen molar-refractivity contribution < 1.29 is 19.1 Å². The van der Waals surface area contributed by atoms with Crippen LogP contribution in [-0.4, -0.2) is 17.8 Å². The van der Waals surface area contributed by atoms with Crippen molar-refractivity contribution in [3.05, 3.63) is 100 Å². The fraction of sp³-hybridized carbons (Fsp3) is 0.179. The van der Waals surface area contributed by atoms with Crippen LogP contribution < -0.4 is 15.0 Å². The number of benzene rings is 3. The Labute approximate surface area is 198 Å². The van der Waals surface area contributed by atoms with E-state index >= 15 is 0 Å². The van der Waals surface area contributed by atoms with Gasteiger partial charge < -0.3 is 4.74 Å². The second-order valence-electron chi connectivity index (χ2n) is 8.30. The number of amides is 4. The second-order valence-corrected chi connectivity index (χ2v) is 8.30. The first-order valence-electron chi connectivity index (χ1n) is 11.1. The van der Waals surface area contributed by atoms with E-state index in [1.54, 1.807) is 30.3 Å². The summed E-state index contributed by atoms with van der Waals surface area (Å²) in [6, 6.07) is 19.7. The molecule has 1 heterocycles. The van der Waals surface area contributed by atoms with Crippen LogP contribution in [0.3, 0.4) is 0 Å². The minimum atomic E-state index is -0.768. The van der Waals surface area contributed by atoms with Crippen molar-refractivity contribution in [2.45, 2.75) is 33.8 Å². The van der Waals surface area contributed by atoms with Crippen LogP contribution in [0.2, 0.25) is 0 Å². The molecule has 172 valence electrons. The molecule has 1 aliphatic heterocycles. The van der Waals surface area contributed by atoms with E-state index in [4.69, 9.17) is 4.74 Å². The third-order valence-electron chi connectivity index (χ3n) is 5.60. The molecular weight excluding hydrogens is 428 g/mol. The molecule has 6 nitrogen and oxygen atoms in total. The van der Waals surface area contributed by atoms with E-state index in [1.165, 1.54) is 6.08 Å². The number of urea groups is 1. The molecule has 3 aromatic rings. The summed E-state index contributed by atoms with van der Waals surface area (Å²) in [4.78, 5) is 39.2. The number of anilines is 1. The molecule has 6 heteroatoms. The van der Waals surface area contributed by atoms with E-state index in [2.05, 4.69) is 23.5 Å². The maximum absolute atomic E-state index is 13.2. The first kappa shape index (κ1) is 23.0. The summed E-state index contributed by atoms with van der Waals surface area (Å²) in [5.41, 5.74) is 5.24. The average Bonchev–Trinajstić information content (AvgIpc) is 2.81. The van der Waals surface area contributed by atoms with Gasteiger partial charge in [0, 0.05) is 5.56 Å². The number of imide groups is 2. The van der Waals surface area contributed by atoms with Crippen LogP contribution in [0.5, 0.6) is 5.75 Å². The Balaban J connectivity index is 1.62. The van der Waals surface area contributed by atoms with Crippen molar-refractivity contribution in [2.24, 2.45) is 0 Å². The van der Waals surface area contributed by atoms with Gasteiger partial charge in [0.05, 0.1) is 5.69 Å².